The van der Waals surface area contributed by atoms with E-state index in [1.807, 2.05) is 0 Å². The number of carbonyl (C=O) groups is 2. The third-order valence-electron chi connectivity index (χ3n) is 3.26. The molecule has 116 valence electrons. The molecule has 8 nitrogen and oxygen atoms in total. The van der Waals surface area contributed by atoms with Crippen LogP contribution in [0, 0.1) is 10.1 Å². The van der Waals surface area contributed by atoms with Gasteiger partial charge in [0.05, 0.1) is 12.0 Å². The molecule has 0 aliphatic rings. The highest BCUT2D eigenvalue weighted by Crippen LogP contribution is 2.27. The summed E-state index contributed by atoms with van der Waals surface area (Å²) in [6.07, 6.45) is 1.77. The zero-order valence-corrected chi connectivity index (χ0v) is 12.1. The van der Waals surface area contributed by atoms with Gasteiger partial charge in [-0.15, -0.1) is 0 Å². The summed E-state index contributed by atoms with van der Waals surface area (Å²) in [7, 11) is 1.23. The van der Waals surface area contributed by atoms with Gasteiger partial charge in [-0.2, -0.15) is 0 Å². The van der Waals surface area contributed by atoms with Gasteiger partial charge in [-0.05, 0) is 5.56 Å². The van der Waals surface area contributed by atoms with E-state index in [0.29, 0.717) is 16.5 Å². The number of nitro groups is 1. The standard InChI is InChI=1S/C14H15N3O5/c1-8(18)16-11(14(19)22-2)6-9-7-15-13-10(9)4-3-5-12(13)17(20)21/h3-5,7,11,15H,6H2,1-2H3,(H,16,18)/t11-/m0/s1. The number of aromatic nitrogens is 1. The van der Waals surface area contributed by atoms with Crippen molar-refractivity contribution in [1.29, 1.82) is 0 Å². The smallest absolute Gasteiger partial charge is 0.328 e. The van der Waals surface area contributed by atoms with Crippen molar-refractivity contribution >= 4 is 28.5 Å². The number of nitro benzene ring substituents is 1. The fraction of sp³-hybridized carbons (Fsp3) is 0.286. The molecule has 0 saturated heterocycles. The first-order valence-corrected chi connectivity index (χ1v) is 6.52. The monoisotopic (exact) mass is 305 g/mol. The molecule has 0 bridgehead atoms. The molecule has 0 aliphatic heterocycles. The van der Waals surface area contributed by atoms with Crippen molar-refractivity contribution in [2.45, 2.75) is 19.4 Å². The van der Waals surface area contributed by atoms with Crippen LogP contribution >= 0.6 is 0 Å². The molecule has 0 spiro atoms. The number of para-hydroxylation sites is 1. The van der Waals surface area contributed by atoms with Gasteiger partial charge in [-0.25, -0.2) is 4.79 Å². The minimum atomic E-state index is -0.847. The van der Waals surface area contributed by atoms with Crippen LogP contribution in [-0.4, -0.2) is 34.9 Å². The molecule has 2 N–H and O–H groups in total. The average Bonchev–Trinajstić information content (AvgIpc) is 2.88. The summed E-state index contributed by atoms with van der Waals surface area (Å²) >= 11 is 0. The Balaban J connectivity index is 2.38. The van der Waals surface area contributed by atoms with Crippen LogP contribution in [0.2, 0.25) is 0 Å². The number of hydrogen-bond acceptors (Lipinski definition) is 5. The summed E-state index contributed by atoms with van der Waals surface area (Å²) in [6.45, 7) is 1.30. The molecule has 2 rings (SSSR count). The zero-order valence-electron chi connectivity index (χ0n) is 12.1. The molecule has 1 aromatic carbocycles. The van der Waals surface area contributed by atoms with E-state index in [0.717, 1.165) is 0 Å². The van der Waals surface area contributed by atoms with Crippen LogP contribution in [-0.2, 0) is 20.7 Å². The highest BCUT2D eigenvalue weighted by Gasteiger charge is 2.23. The number of nitrogens with zero attached hydrogens (tertiary/aromatic N) is 1. The predicted octanol–water partition coefficient (Wildman–Crippen LogP) is 1.30. The number of nitrogens with one attached hydrogen (secondary N) is 2. The Kier molecular flexibility index (Phi) is 4.40. The number of benzene rings is 1. The van der Waals surface area contributed by atoms with Crippen LogP contribution in [0.5, 0.6) is 0 Å². The molecular weight excluding hydrogens is 290 g/mol. The third-order valence-corrected chi connectivity index (χ3v) is 3.26. The first-order valence-electron chi connectivity index (χ1n) is 6.52. The van der Waals surface area contributed by atoms with Crippen molar-refractivity contribution < 1.29 is 19.2 Å². The van der Waals surface area contributed by atoms with Crippen LogP contribution in [0.1, 0.15) is 12.5 Å². The molecule has 22 heavy (non-hydrogen) atoms. The lowest BCUT2D eigenvalue weighted by Crippen LogP contribution is -2.41. The second kappa shape index (κ2) is 6.25. The SMILES string of the molecule is COC(=O)[C@H](Cc1c[nH]c2c([N+](=O)[O-])cccc12)NC(C)=O. The lowest BCUT2D eigenvalue weighted by Gasteiger charge is -2.14. The van der Waals surface area contributed by atoms with E-state index in [1.165, 1.54) is 20.1 Å². The fourth-order valence-corrected chi connectivity index (χ4v) is 2.32. The molecule has 0 fully saturated rings. The highest BCUT2D eigenvalue weighted by molar-refractivity contribution is 5.91. The first kappa shape index (κ1) is 15.5. The van der Waals surface area contributed by atoms with Crippen molar-refractivity contribution in [1.82, 2.24) is 10.3 Å². The Hall–Kier alpha value is -2.90. The largest absolute Gasteiger partial charge is 0.467 e. The maximum Gasteiger partial charge on any atom is 0.328 e. The predicted molar refractivity (Wildman–Crippen MR) is 78.3 cm³/mol. The van der Waals surface area contributed by atoms with Gasteiger partial charge < -0.3 is 15.0 Å². The number of esters is 1. The second-order valence-electron chi connectivity index (χ2n) is 4.75. The Morgan fingerprint density at radius 2 is 2.18 bits per heavy atom. The molecule has 0 aliphatic carbocycles. The van der Waals surface area contributed by atoms with Gasteiger partial charge in [0.2, 0.25) is 5.91 Å². The molecule has 2 aromatic rings. The van der Waals surface area contributed by atoms with E-state index in [9.17, 15) is 19.7 Å². The normalized spacial score (nSPS) is 11.9. The number of H-pyrrole nitrogens is 1. The van der Waals surface area contributed by atoms with E-state index >= 15 is 0 Å². The molecule has 0 unspecified atom stereocenters. The summed E-state index contributed by atoms with van der Waals surface area (Å²) in [5.74, 6) is -0.934. The van der Waals surface area contributed by atoms with Crippen LogP contribution in [0.3, 0.4) is 0 Å². The number of methoxy groups -OCH3 is 1. The van der Waals surface area contributed by atoms with Crippen molar-refractivity contribution in [3.63, 3.8) is 0 Å². The Labute approximate surface area is 125 Å². The molecule has 0 radical (unpaired) electrons. The summed E-state index contributed by atoms with van der Waals surface area (Å²) in [6, 6.07) is 3.84. The maximum atomic E-state index is 11.7. The summed E-state index contributed by atoms with van der Waals surface area (Å²) in [5.41, 5.74) is 1.02. The number of hydrogen-bond donors (Lipinski definition) is 2. The van der Waals surface area contributed by atoms with Gasteiger partial charge in [0.15, 0.2) is 0 Å². The Bertz CT molecular complexity index is 737. The second-order valence-corrected chi connectivity index (χ2v) is 4.75. The molecule has 8 heteroatoms. The van der Waals surface area contributed by atoms with Crippen molar-refractivity contribution in [2.24, 2.45) is 0 Å². The van der Waals surface area contributed by atoms with E-state index in [4.69, 9.17) is 0 Å². The number of ether oxygens (including phenoxy) is 1. The summed E-state index contributed by atoms with van der Waals surface area (Å²) in [5, 5.41) is 14.1. The van der Waals surface area contributed by atoms with E-state index in [1.54, 1.807) is 18.3 Å². The quantitative estimate of drug-likeness (QED) is 0.491. The van der Waals surface area contributed by atoms with Crippen LogP contribution in [0.25, 0.3) is 10.9 Å². The van der Waals surface area contributed by atoms with Crippen LogP contribution in [0.4, 0.5) is 5.69 Å². The molecule has 1 atom stereocenters. The van der Waals surface area contributed by atoms with Gasteiger partial charge in [0.25, 0.3) is 5.69 Å². The molecule has 1 amide bonds. The van der Waals surface area contributed by atoms with E-state index in [-0.39, 0.29) is 18.0 Å². The zero-order chi connectivity index (χ0) is 16.3. The number of non-ortho nitro benzene ring substituents is 1. The van der Waals surface area contributed by atoms with Gasteiger partial charge in [-0.1, -0.05) is 12.1 Å². The molecule has 1 aromatic heterocycles. The van der Waals surface area contributed by atoms with Crippen molar-refractivity contribution in [3.05, 3.63) is 40.1 Å². The van der Waals surface area contributed by atoms with Gasteiger partial charge in [-0.3, -0.25) is 14.9 Å². The maximum absolute atomic E-state index is 11.7. The van der Waals surface area contributed by atoms with E-state index < -0.39 is 16.9 Å². The number of carbonyl (C=O) groups excluding carboxylic acids is 2. The minimum Gasteiger partial charge on any atom is -0.467 e. The number of amides is 1. The number of rotatable bonds is 5. The topological polar surface area (TPSA) is 114 Å². The van der Waals surface area contributed by atoms with Crippen LogP contribution in [0.15, 0.2) is 24.4 Å². The highest BCUT2D eigenvalue weighted by atomic mass is 16.6. The van der Waals surface area contributed by atoms with Gasteiger partial charge in [0.1, 0.15) is 11.6 Å². The van der Waals surface area contributed by atoms with E-state index in [2.05, 4.69) is 15.0 Å². The van der Waals surface area contributed by atoms with Crippen molar-refractivity contribution in [2.75, 3.05) is 7.11 Å². The minimum absolute atomic E-state index is 0.0436. The molecule has 1 heterocycles. The summed E-state index contributed by atoms with van der Waals surface area (Å²) < 4.78 is 4.66. The molecular formula is C14H15N3O5. The third kappa shape index (κ3) is 3.05. The Morgan fingerprint density at radius 1 is 1.45 bits per heavy atom. The van der Waals surface area contributed by atoms with Crippen molar-refractivity contribution in [3.8, 4) is 0 Å². The lowest BCUT2D eigenvalue weighted by molar-refractivity contribution is -0.383. The summed E-state index contributed by atoms with van der Waals surface area (Å²) in [4.78, 5) is 36.3. The number of fused-ring (bicyclic) bond motifs is 1. The first-order chi connectivity index (χ1) is 10.4. The average molecular weight is 305 g/mol. The van der Waals surface area contributed by atoms with Gasteiger partial charge in [0, 0.05) is 31.0 Å². The van der Waals surface area contributed by atoms with Crippen LogP contribution < -0.4 is 5.32 Å². The Morgan fingerprint density at radius 3 is 2.77 bits per heavy atom. The fourth-order valence-electron chi connectivity index (χ4n) is 2.32. The van der Waals surface area contributed by atoms with Gasteiger partial charge >= 0.3 is 5.97 Å². The lowest BCUT2D eigenvalue weighted by atomic mass is 10.0. The molecule has 0 saturated carbocycles. The number of aromatic amines is 1.